The smallest absolute Gasteiger partial charge is 0.264 e. The monoisotopic (exact) mass is 543 g/mol. The lowest BCUT2D eigenvalue weighted by atomic mass is 10.1. The van der Waals surface area contributed by atoms with Gasteiger partial charge in [-0.2, -0.15) is 0 Å². The fourth-order valence-electron chi connectivity index (χ4n) is 3.75. The van der Waals surface area contributed by atoms with Gasteiger partial charge >= 0.3 is 0 Å². The molecule has 10 heteroatoms. The van der Waals surface area contributed by atoms with Crippen molar-refractivity contribution in [3.05, 3.63) is 95.6 Å². The van der Waals surface area contributed by atoms with Crippen LogP contribution >= 0.6 is 0 Å². The van der Waals surface area contributed by atoms with E-state index in [1.165, 1.54) is 29.2 Å². The van der Waals surface area contributed by atoms with Crippen LogP contribution < -0.4 is 9.62 Å². The Balaban J connectivity index is 2.02. The van der Waals surface area contributed by atoms with Crippen LogP contribution in [-0.4, -0.2) is 43.8 Å². The number of amides is 2. The molecule has 0 saturated carbocycles. The molecule has 1 atom stereocenters. The van der Waals surface area contributed by atoms with E-state index in [4.69, 9.17) is 0 Å². The lowest BCUT2D eigenvalue weighted by Crippen LogP contribution is -2.52. The lowest BCUT2D eigenvalue weighted by molar-refractivity contribution is -0.139. The van der Waals surface area contributed by atoms with Gasteiger partial charge in [0.05, 0.1) is 10.6 Å². The van der Waals surface area contributed by atoms with E-state index >= 15 is 0 Å². The highest BCUT2D eigenvalue weighted by molar-refractivity contribution is 7.92. The number of halogens is 2. The molecule has 0 aliphatic heterocycles. The van der Waals surface area contributed by atoms with Crippen molar-refractivity contribution >= 4 is 27.5 Å². The van der Waals surface area contributed by atoms with E-state index < -0.39 is 46.1 Å². The molecule has 3 aromatic carbocycles. The summed E-state index contributed by atoms with van der Waals surface area (Å²) in [5, 5.41) is 2.77. The first-order valence-electron chi connectivity index (χ1n) is 12.1. The Labute approximate surface area is 222 Å². The van der Waals surface area contributed by atoms with Gasteiger partial charge in [0.15, 0.2) is 0 Å². The van der Waals surface area contributed by atoms with Gasteiger partial charge in [0.2, 0.25) is 11.8 Å². The quantitative estimate of drug-likeness (QED) is 0.411. The standard InChI is InChI=1S/C28H31F2N3O4S/c1-19(2)31-28(35)21(4)32(17-22-7-9-23(29)10-8-22)27(34)18-33(25-13-5-20(3)6-14-25)38(36,37)26-15-11-24(30)12-16-26/h5-16,19,21H,17-18H2,1-4H3,(H,31,35). The maximum Gasteiger partial charge on any atom is 0.264 e. The van der Waals surface area contributed by atoms with Crippen LogP contribution in [0.15, 0.2) is 77.7 Å². The zero-order valence-corrected chi connectivity index (χ0v) is 22.5. The number of aryl methyl sites for hydroxylation is 1. The molecule has 202 valence electrons. The van der Waals surface area contributed by atoms with E-state index in [2.05, 4.69) is 5.32 Å². The minimum Gasteiger partial charge on any atom is -0.352 e. The van der Waals surface area contributed by atoms with E-state index in [9.17, 15) is 26.8 Å². The summed E-state index contributed by atoms with van der Waals surface area (Å²) in [5.41, 5.74) is 1.68. The molecule has 7 nitrogen and oxygen atoms in total. The molecule has 2 amide bonds. The van der Waals surface area contributed by atoms with E-state index in [1.54, 1.807) is 45.0 Å². The van der Waals surface area contributed by atoms with Crippen LogP contribution in [0.1, 0.15) is 31.9 Å². The Morgan fingerprint density at radius 2 is 1.37 bits per heavy atom. The normalized spacial score (nSPS) is 12.2. The van der Waals surface area contributed by atoms with E-state index in [0.29, 0.717) is 5.56 Å². The SMILES string of the molecule is Cc1ccc(N(CC(=O)N(Cc2ccc(F)cc2)C(C)C(=O)NC(C)C)S(=O)(=O)c2ccc(F)cc2)cc1. The Morgan fingerprint density at radius 3 is 1.89 bits per heavy atom. The third-order valence-corrected chi connectivity index (χ3v) is 7.65. The average Bonchev–Trinajstić information content (AvgIpc) is 2.87. The summed E-state index contributed by atoms with van der Waals surface area (Å²) in [6, 6.07) is 15.2. The zero-order chi connectivity index (χ0) is 28.0. The van der Waals surface area contributed by atoms with Crippen LogP contribution in [-0.2, 0) is 26.2 Å². The van der Waals surface area contributed by atoms with Gasteiger partial charge in [-0.05, 0) is 81.8 Å². The fourth-order valence-corrected chi connectivity index (χ4v) is 5.16. The predicted octanol–water partition coefficient (Wildman–Crippen LogP) is 4.41. The summed E-state index contributed by atoms with van der Waals surface area (Å²) >= 11 is 0. The van der Waals surface area contributed by atoms with Gasteiger partial charge in [-0.1, -0.05) is 29.8 Å². The highest BCUT2D eigenvalue weighted by atomic mass is 32.2. The molecule has 1 N–H and O–H groups in total. The van der Waals surface area contributed by atoms with Crippen molar-refractivity contribution < 1.29 is 26.8 Å². The van der Waals surface area contributed by atoms with Crippen molar-refractivity contribution in [3.63, 3.8) is 0 Å². The zero-order valence-electron chi connectivity index (χ0n) is 21.7. The molecule has 0 aliphatic carbocycles. The predicted molar refractivity (Wildman–Crippen MR) is 142 cm³/mol. The van der Waals surface area contributed by atoms with Crippen LogP contribution in [0, 0.1) is 18.6 Å². The largest absolute Gasteiger partial charge is 0.352 e. The summed E-state index contributed by atoms with van der Waals surface area (Å²) in [4.78, 5) is 27.7. The first kappa shape index (κ1) is 28.8. The molecule has 0 bridgehead atoms. The van der Waals surface area contributed by atoms with Crippen molar-refractivity contribution in [3.8, 4) is 0 Å². The number of sulfonamides is 1. The number of anilines is 1. The summed E-state index contributed by atoms with van der Waals surface area (Å²) in [6.45, 7) is 6.28. The second-order valence-electron chi connectivity index (χ2n) is 9.29. The molecule has 1 unspecified atom stereocenters. The first-order valence-corrected chi connectivity index (χ1v) is 13.5. The topological polar surface area (TPSA) is 86.8 Å². The van der Waals surface area contributed by atoms with Crippen molar-refractivity contribution in [2.75, 3.05) is 10.8 Å². The van der Waals surface area contributed by atoms with Crippen molar-refractivity contribution in [1.29, 1.82) is 0 Å². The Bertz CT molecular complexity index is 1360. The highest BCUT2D eigenvalue weighted by Gasteiger charge is 2.32. The maximum absolute atomic E-state index is 13.7. The molecule has 3 rings (SSSR count). The number of carbonyl (C=O) groups excluding carboxylic acids is 2. The summed E-state index contributed by atoms with van der Waals surface area (Å²) < 4.78 is 55.2. The number of carbonyl (C=O) groups is 2. The summed E-state index contributed by atoms with van der Waals surface area (Å²) in [6.07, 6.45) is 0. The van der Waals surface area contributed by atoms with Crippen LogP contribution in [0.3, 0.4) is 0 Å². The molecule has 38 heavy (non-hydrogen) atoms. The third kappa shape index (κ3) is 7.16. The molecule has 0 saturated heterocycles. The summed E-state index contributed by atoms with van der Waals surface area (Å²) in [7, 11) is -4.29. The number of hydrogen-bond acceptors (Lipinski definition) is 4. The van der Waals surface area contributed by atoms with Crippen LogP contribution in [0.2, 0.25) is 0 Å². The Hall–Kier alpha value is -3.79. The van der Waals surface area contributed by atoms with Gasteiger partial charge in [0.25, 0.3) is 10.0 Å². The van der Waals surface area contributed by atoms with E-state index in [1.807, 2.05) is 6.92 Å². The molecule has 0 radical (unpaired) electrons. The molecule has 0 spiro atoms. The molecule has 0 fully saturated rings. The van der Waals surface area contributed by atoms with Crippen LogP contribution in [0.25, 0.3) is 0 Å². The van der Waals surface area contributed by atoms with Gasteiger partial charge < -0.3 is 10.2 Å². The molecule has 0 heterocycles. The van der Waals surface area contributed by atoms with Gasteiger partial charge in [-0.3, -0.25) is 13.9 Å². The molecule has 0 aromatic heterocycles. The first-order chi connectivity index (χ1) is 17.9. The number of benzene rings is 3. The number of nitrogens with one attached hydrogen (secondary N) is 1. The molecule has 3 aromatic rings. The van der Waals surface area contributed by atoms with Crippen LogP contribution in [0.4, 0.5) is 14.5 Å². The van der Waals surface area contributed by atoms with Crippen molar-refractivity contribution in [1.82, 2.24) is 10.2 Å². The second kappa shape index (κ2) is 12.2. The second-order valence-corrected chi connectivity index (χ2v) is 11.2. The van der Waals surface area contributed by atoms with E-state index in [-0.39, 0.29) is 23.2 Å². The number of nitrogens with zero attached hydrogens (tertiary/aromatic N) is 2. The lowest BCUT2D eigenvalue weighted by Gasteiger charge is -2.32. The van der Waals surface area contributed by atoms with E-state index in [0.717, 1.165) is 34.1 Å². The number of rotatable bonds is 10. The van der Waals surface area contributed by atoms with Crippen molar-refractivity contribution in [2.45, 2.75) is 51.2 Å². The van der Waals surface area contributed by atoms with Gasteiger partial charge in [-0.15, -0.1) is 0 Å². The minimum absolute atomic E-state index is 0.0515. The van der Waals surface area contributed by atoms with Gasteiger partial charge in [0.1, 0.15) is 24.2 Å². The molecular formula is C28H31F2N3O4S. The van der Waals surface area contributed by atoms with Gasteiger partial charge in [0, 0.05) is 12.6 Å². The van der Waals surface area contributed by atoms with Crippen LogP contribution in [0.5, 0.6) is 0 Å². The minimum atomic E-state index is -4.29. The highest BCUT2D eigenvalue weighted by Crippen LogP contribution is 2.25. The summed E-state index contributed by atoms with van der Waals surface area (Å²) in [5.74, 6) is -2.11. The third-order valence-electron chi connectivity index (χ3n) is 5.87. The average molecular weight is 544 g/mol. The molecule has 0 aliphatic rings. The fraction of sp³-hybridized carbons (Fsp3) is 0.286. The van der Waals surface area contributed by atoms with Gasteiger partial charge in [-0.25, -0.2) is 17.2 Å². The molecular weight excluding hydrogens is 512 g/mol. The Morgan fingerprint density at radius 1 is 0.842 bits per heavy atom. The van der Waals surface area contributed by atoms with Crippen molar-refractivity contribution in [2.24, 2.45) is 0 Å². The number of hydrogen-bond donors (Lipinski definition) is 1. The maximum atomic E-state index is 13.7. The Kier molecular flexibility index (Phi) is 9.22.